The second-order valence-corrected chi connectivity index (χ2v) is 8.00. The van der Waals surface area contributed by atoms with Crippen molar-refractivity contribution >= 4 is 0 Å². The molecule has 27 heavy (non-hydrogen) atoms. The van der Waals surface area contributed by atoms with Crippen molar-refractivity contribution in [1.82, 2.24) is 9.55 Å². The van der Waals surface area contributed by atoms with Gasteiger partial charge in [-0.05, 0) is 6.42 Å². The summed E-state index contributed by atoms with van der Waals surface area (Å²) in [4.78, 5) is 4.46. The Morgan fingerprint density at radius 1 is 0.667 bits per heavy atom. The molecule has 0 aliphatic carbocycles. The van der Waals surface area contributed by atoms with Crippen LogP contribution >= 0.6 is 0 Å². The molecule has 0 aliphatic heterocycles. The van der Waals surface area contributed by atoms with Crippen molar-refractivity contribution in [3.63, 3.8) is 0 Å². The van der Waals surface area contributed by atoms with Gasteiger partial charge in [-0.15, -0.1) is 0 Å². The van der Waals surface area contributed by atoms with E-state index >= 15 is 0 Å². The highest BCUT2D eigenvalue weighted by atomic mass is 16.3. The van der Waals surface area contributed by atoms with Gasteiger partial charge in [-0.1, -0.05) is 96.8 Å². The van der Waals surface area contributed by atoms with Crippen LogP contribution in [0.3, 0.4) is 0 Å². The maximum atomic E-state index is 9.38. The zero-order chi connectivity index (χ0) is 19.7. The Bertz CT molecular complexity index is 471. The van der Waals surface area contributed by atoms with Crippen LogP contribution in [0.1, 0.15) is 120 Å². The minimum Gasteiger partial charge on any atom is -0.390 e. The molecule has 4 heteroatoms. The number of nitrogens with zero attached hydrogens (tertiary/aromatic N) is 2. The highest BCUT2D eigenvalue weighted by Gasteiger charge is 2.12. The molecule has 0 radical (unpaired) electrons. The van der Waals surface area contributed by atoms with Crippen molar-refractivity contribution in [2.45, 2.75) is 123 Å². The number of rotatable bonds is 18. The summed E-state index contributed by atoms with van der Waals surface area (Å²) in [5.74, 6) is 0.984. The van der Waals surface area contributed by atoms with Crippen molar-refractivity contribution in [2.75, 3.05) is 0 Å². The number of aromatic nitrogens is 2. The maximum absolute atomic E-state index is 9.38. The SMILES string of the molecule is CCCCCCCCCCCCCCCCCc1nc(CO)c(CO)n1C. The van der Waals surface area contributed by atoms with Crippen molar-refractivity contribution < 1.29 is 10.2 Å². The molecule has 1 aromatic rings. The predicted octanol–water partition coefficient (Wildman–Crippen LogP) is 5.82. The fraction of sp³-hybridized carbons (Fsp3) is 0.870. The van der Waals surface area contributed by atoms with Gasteiger partial charge in [-0.2, -0.15) is 0 Å². The molecule has 158 valence electrons. The summed E-state index contributed by atoms with van der Waals surface area (Å²) in [6.07, 6.45) is 21.5. The van der Waals surface area contributed by atoms with Gasteiger partial charge in [0.1, 0.15) is 5.82 Å². The molecule has 1 rings (SSSR count). The van der Waals surface area contributed by atoms with Crippen LogP contribution in [0.15, 0.2) is 0 Å². The lowest BCUT2D eigenvalue weighted by Gasteiger charge is -2.05. The summed E-state index contributed by atoms with van der Waals surface area (Å²) in [7, 11) is 1.93. The molecule has 0 atom stereocenters. The van der Waals surface area contributed by atoms with E-state index in [4.69, 9.17) is 0 Å². The number of aryl methyl sites for hydroxylation is 1. The van der Waals surface area contributed by atoms with Crippen molar-refractivity contribution in [3.8, 4) is 0 Å². The predicted molar refractivity (Wildman–Crippen MR) is 114 cm³/mol. The van der Waals surface area contributed by atoms with Crippen LogP contribution in [0.25, 0.3) is 0 Å². The van der Waals surface area contributed by atoms with Crippen LogP contribution in [-0.2, 0) is 26.7 Å². The van der Waals surface area contributed by atoms with E-state index < -0.39 is 0 Å². The molecule has 0 amide bonds. The molecular weight excluding hydrogens is 336 g/mol. The fourth-order valence-electron chi connectivity index (χ4n) is 3.85. The summed E-state index contributed by atoms with van der Waals surface area (Å²) in [5, 5.41) is 18.7. The van der Waals surface area contributed by atoms with E-state index in [0.29, 0.717) is 5.69 Å². The minimum absolute atomic E-state index is 0.0573. The second-order valence-electron chi connectivity index (χ2n) is 8.00. The van der Waals surface area contributed by atoms with Crippen LogP contribution < -0.4 is 0 Å². The smallest absolute Gasteiger partial charge is 0.109 e. The Labute approximate surface area is 167 Å². The summed E-state index contributed by atoms with van der Waals surface area (Å²) < 4.78 is 1.94. The molecule has 0 unspecified atom stereocenters. The Hall–Kier alpha value is -0.870. The molecular formula is C23H44N2O2. The number of aliphatic hydroxyl groups is 2. The highest BCUT2D eigenvalue weighted by Crippen LogP contribution is 2.16. The molecule has 1 aromatic heterocycles. The molecule has 0 spiro atoms. The van der Waals surface area contributed by atoms with E-state index in [1.54, 1.807) is 0 Å². The first kappa shape index (κ1) is 24.2. The Morgan fingerprint density at radius 2 is 1.11 bits per heavy atom. The average Bonchev–Trinajstić information content (AvgIpc) is 2.99. The van der Waals surface area contributed by atoms with E-state index in [1.165, 1.54) is 89.9 Å². The first-order valence-corrected chi connectivity index (χ1v) is 11.5. The first-order chi connectivity index (χ1) is 13.2. The van der Waals surface area contributed by atoms with Gasteiger partial charge in [0.25, 0.3) is 0 Å². The lowest BCUT2D eigenvalue weighted by molar-refractivity contribution is 0.251. The van der Waals surface area contributed by atoms with Crippen LogP contribution in [0.4, 0.5) is 0 Å². The molecule has 0 aromatic carbocycles. The average molecular weight is 381 g/mol. The Morgan fingerprint density at radius 3 is 1.48 bits per heavy atom. The van der Waals surface area contributed by atoms with Crippen LogP contribution in [0, 0.1) is 0 Å². The molecule has 0 fully saturated rings. The largest absolute Gasteiger partial charge is 0.390 e. The third kappa shape index (κ3) is 10.3. The van der Waals surface area contributed by atoms with Gasteiger partial charge in [-0.25, -0.2) is 4.98 Å². The maximum Gasteiger partial charge on any atom is 0.109 e. The molecule has 4 nitrogen and oxygen atoms in total. The quantitative estimate of drug-likeness (QED) is 0.316. The fourth-order valence-corrected chi connectivity index (χ4v) is 3.85. The van der Waals surface area contributed by atoms with Gasteiger partial charge in [0.2, 0.25) is 0 Å². The van der Waals surface area contributed by atoms with Crippen molar-refractivity contribution in [3.05, 3.63) is 17.2 Å². The minimum atomic E-state index is -0.0947. The van der Waals surface area contributed by atoms with E-state index in [0.717, 1.165) is 24.4 Å². The molecule has 0 saturated carbocycles. The number of unbranched alkanes of at least 4 members (excludes halogenated alkanes) is 14. The van der Waals surface area contributed by atoms with Gasteiger partial charge in [0.05, 0.1) is 24.6 Å². The number of aliphatic hydroxyl groups excluding tert-OH is 2. The summed E-state index contributed by atoms with van der Waals surface area (Å²) in [6, 6.07) is 0. The highest BCUT2D eigenvalue weighted by molar-refractivity contribution is 5.15. The number of imidazole rings is 1. The van der Waals surface area contributed by atoms with Gasteiger partial charge in [0.15, 0.2) is 0 Å². The third-order valence-electron chi connectivity index (χ3n) is 5.69. The topological polar surface area (TPSA) is 58.3 Å². The van der Waals surface area contributed by atoms with Gasteiger partial charge in [-0.3, -0.25) is 0 Å². The zero-order valence-corrected chi connectivity index (χ0v) is 18.0. The first-order valence-electron chi connectivity index (χ1n) is 11.5. The third-order valence-corrected chi connectivity index (χ3v) is 5.69. The van der Waals surface area contributed by atoms with Crippen LogP contribution in [0.5, 0.6) is 0 Å². The normalized spacial score (nSPS) is 11.4. The van der Waals surface area contributed by atoms with Crippen molar-refractivity contribution in [1.29, 1.82) is 0 Å². The number of hydrogen-bond acceptors (Lipinski definition) is 3. The van der Waals surface area contributed by atoms with Crippen molar-refractivity contribution in [2.24, 2.45) is 7.05 Å². The van der Waals surface area contributed by atoms with E-state index in [-0.39, 0.29) is 13.2 Å². The molecule has 0 aliphatic rings. The van der Waals surface area contributed by atoms with Crippen LogP contribution in [-0.4, -0.2) is 19.8 Å². The molecule has 1 heterocycles. The number of hydrogen-bond donors (Lipinski definition) is 2. The lowest BCUT2D eigenvalue weighted by atomic mass is 10.0. The Balaban J connectivity index is 1.92. The second kappa shape index (κ2) is 16.1. The zero-order valence-electron chi connectivity index (χ0n) is 18.0. The Kier molecular flexibility index (Phi) is 14.4. The lowest BCUT2D eigenvalue weighted by Crippen LogP contribution is -2.02. The molecule has 0 saturated heterocycles. The van der Waals surface area contributed by atoms with E-state index in [2.05, 4.69) is 11.9 Å². The molecule has 0 bridgehead atoms. The standard InChI is InChI=1S/C23H44N2O2/c1-3-4-5-6-7-8-9-10-11-12-13-14-15-16-17-18-23-24-21(19-26)22(20-27)25(23)2/h26-27H,3-20H2,1-2H3. The van der Waals surface area contributed by atoms with Crippen LogP contribution in [0.2, 0.25) is 0 Å². The van der Waals surface area contributed by atoms with E-state index in [9.17, 15) is 10.2 Å². The van der Waals surface area contributed by atoms with Gasteiger partial charge < -0.3 is 14.8 Å². The van der Waals surface area contributed by atoms with Gasteiger partial charge in [0, 0.05) is 13.5 Å². The van der Waals surface area contributed by atoms with E-state index in [1.807, 2.05) is 11.6 Å². The molecule has 2 N–H and O–H groups in total. The summed E-state index contributed by atoms with van der Waals surface area (Å²) in [6.45, 7) is 2.13. The van der Waals surface area contributed by atoms with Gasteiger partial charge >= 0.3 is 0 Å². The summed E-state index contributed by atoms with van der Waals surface area (Å²) >= 11 is 0. The summed E-state index contributed by atoms with van der Waals surface area (Å²) in [5.41, 5.74) is 1.37. The monoisotopic (exact) mass is 380 g/mol.